The van der Waals surface area contributed by atoms with Gasteiger partial charge in [0, 0.05) is 38.9 Å². The van der Waals surface area contributed by atoms with Crippen molar-refractivity contribution in [3.05, 3.63) is 54.0 Å². The van der Waals surface area contributed by atoms with Gasteiger partial charge in [0.15, 0.2) is 23.4 Å². The van der Waals surface area contributed by atoms with Crippen LogP contribution in [0.4, 0.5) is 24.7 Å². The van der Waals surface area contributed by atoms with E-state index in [-0.39, 0.29) is 6.54 Å². The van der Waals surface area contributed by atoms with Crippen LogP contribution in [-0.2, 0) is 4.79 Å². The zero-order chi connectivity index (χ0) is 21.5. The van der Waals surface area contributed by atoms with Gasteiger partial charge in [0.1, 0.15) is 12.4 Å². The van der Waals surface area contributed by atoms with Gasteiger partial charge in [-0.3, -0.25) is 4.79 Å². The van der Waals surface area contributed by atoms with Crippen molar-refractivity contribution >= 4 is 23.4 Å². The first kappa shape index (κ1) is 21.4. The first-order valence-electron chi connectivity index (χ1n) is 9.62. The summed E-state index contributed by atoms with van der Waals surface area (Å²) in [4.78, 5) is 25.0. The minimum atomic E-state index is -1.63. The molecule has 30 heavy (non-hydrogen) atoms. The predicted octanol–water partition coefficient (Wildman–Crippen LogP) is 2.23. The lowest BCUT2D eigenvalue weighted by Crippen LogP contribution is -2.53. The summed E-state index contributed by atoms with van der Waals surface area (Å²) in [5.41, 5.74) is -0.428. The smallest absolute Gasteiger partial charge is 0.246 e. The van der Waals surface area contributed by atoms with Crippen LogP contribution in [0.5, 0.6) is 0 Å². The van der Waals surface area contributed by atoms with E-state index < -0.39 is 29.0 Å². The lowest BCUT2D eigenvalue weighted by Gasteiger charge is -2.37. The van der Waals surface area contributed by atoms with E-state index in [1.165, 1.54) is 0 Å². The third kappa shape index (κ3) is 5.19. The van der Waals surface area contributed by atoms with Crippen molar-refractivity contribution in [1.29, 1.82) is 0 Å². The zero-order valence-electron chi connectivity index (χ0n) is 16.5. The van der Waals surface area contributed by atoms with E-state index >= 15 is 0 Å². The number of nitrogens with one attached hydrogen (secondary N) is 2. The Kier molecular flexibility index (Phi) is 7.10. The zero-order valence-corrected chi connectivity index (χ0v) is 16.5. The molecule has 2 N–H and O–H groups in total. The fraction of sp³-hybridized carbons (Fsp3) is 0.350. The minimum absolute atomic E-state index is 0.290. The molecule has 0 aliphatic carbocycles. The molecule has 10 heteroatoms. The van der Waals surface area contributed by atoms with Crippen LogP contribution in [-0.4, -0.2) is 61.0 Å². The highest BCUT2D eigenvalue weighted by Crippen LogP contribution is 2.19. The van der Waals surface area contributed by atoms with E-state index in [9.17, 15) is 18.0 Å². The normalized spacial score (nSPS) is 14.6. The van der Waals surface area contributed by atoms with Crippen molar-refractivity contribution in [1.82, 2.24) is 15.2 Å². The summed E-state index contributed by atoms with van der Waals surface area (Å²) in [6.45, 7) is 5.08. The van der Waals surface area contributed by atoms with E-state index in [1.807, 2.05) is 30.0 Å². The van der Waals surface area contributed by atoms with Crippen LogP contribution in [0.1, 0.15) is 6.92 Å². The predicted molar refractivity (Wildman–Crippen MR) is 109 cm³/mol. The number of aromatic nitrogens is 1. The number of aliphatic imine (C=N–C) groups is 1. The van der Waals surface area contributed by atoms with E-state index in [0.29, 0.717) is 25.6 Å². The average molecular weight is 420 g/mol. The van der Waals surface area contributed by atoms with Crippen LogP contribution < -0.4 is 15.5 Å². The Balaban J connectivity index is 1.59. The second-order valence-corrected chi connectivity index (χ2v) is 6.60. The van der Waals surface area contributed by atoms with Crippen LogP contribution in [0.25, 0.3) is 0 Å². The molecule has 1 fully saturated rings. The van der Waals surface area contributed by atoms with Gasteiger partial charge in [0.25, 0.3) is 0 Å². The van der Waals surface area contributed by atoms with Crippen molar-refractivity contribution in [2.45, 2.75) is 6.92 Å². The first-order chi connectivity index (χ1) is 14.5. The molecule has 1 saturated heterocycles. The number of hydrogen-bond acceptors (Lipinski definition) is 4. The van der Waals surface area contributed by atoms with Crippen LogP contribution in [0.2, 0.25) is 0 Å². The molecule has 1 aliphatic heterocycles. The van der Waals surface area contributed by atoms with Crippen molar-refractivity contribution < 1.29 is 18.0 Å². The molecule has 1 amide bonds. The third-order valence-electron chi connectivity index (χ3n) is 4.57. The molecule has 160 valence electrons. The quantitative estimate of drug-likeness (QED) is 0.441. The molecule has 0 saturated carbocycles. The summed E-state index contributed by atoms with van der Waals surface area (Å²) >= 11 is 0. The summed E-state index contributed by atoms with van der Waals surface area (Å²) in [5.74, 6) is -3.56. The van der Waals surface area contributed by atoms with Crippen LogP contribution >= 0.6 is 0 Å². The maximum absolute atomic E-state index is 13.7. The molecule has 1 aliphatic rings. The Hall–Kier alpha value is -3.30. The highest BCUT2D eigenvalue weighted by atomic mass is 19.2. The Morgan fingerprint density at radius 2 is 1.87 bits per heavy atom. The van der Waals surface area contributed by atoms with Gasteiger partial charge < -0.3 is 20.4 Å². The van der Waals surface area contributed by atoms with E-state index in [2.05, 4.69) is 25.5 Å². The van der Waals surface area contributed by atoms with Crippen LogP contribution in [0.3, 0.4) is 0 Å². The molecule has 0 unspecified atom stereocenters. The van der Waals surface area contributed by atoms with Crippen molar-refractivity contribution in [2.24, 2.45) is 4.99 Å². The molecule has 0 radical (unpaired) electrons. The number of amides is 1. The van der Waals surface area contributed by atoms with Crippen molar-refractivity contribution in [3.8, 4) is 0 Å². The SMILES string of the molecule is CCNC(=NCC(=O)Nc1ccc(F)c(F)c1F)N1CCN(c2ccccn2)CC1. The number of piperazine rings is 1. The van der Waals surface area contributed by atoms with E-state index in [0.717, 1.165) is 31.0 Å². The highest BCUT2D eigenvalue weighted by molar-refractivity contribution is 5.94. The molecule has 2 heterocycles. The fourth-order valence-electron chi connectivity index (χ4n) is 3.07. The number of guanidine groups is 1. The van der Waals surface area contributed by atoms with Gasteiger partial charge in [-0.25, -0.2) is 23.1 Å². The number of pyridine rings is 1. The van der Waals surface area contributed by atoms with Crippen molar-refractivity contribution in [2.75, 3.05) is 49.5 Å². The number of anilines is 2. The lowest BCUT2D eigenvalue weighted by atomic mass is 10.2. The number of nitrogens with zero attached hydrogens (tertiary/aromatic N) is 4. The molecule has 1 aromatic carbocycles. The minimum Gasteiger partial charge on any atom is -0.357 e. The number of hydrogen-bond donors (Lipinski definition) is 2. The molecular formula is C20H23F3N6O. The van der Waals surface area contributed by atoms with Gasteiger partial charge >= 0.3 is 0 Å². The highest BCUT2D eigenvalue weighted by Gasteiger charge is 2.21. The average Bonchev–Trinajstić information content (AvgIpc) is 2.78. The van der Waals surface area contributed by atoms with Gasteiger partial charge in [-0.05, 0) is 31.2 Å². The lowest BCUT2D eigenvalue weighted by molar-refractivity contribution is -0.114. The Morgan fingerprint density at radius 3 is 2.53 bits per heavy atom. The Morgan fingerprint density at radius 1 is 1.10 bits per heavy atom. The van der Waals surface area contributed by atoms with Gasteiger partial charge in [-0.15, -0.1) is 0 Å². The summed E-state index contributed by atoms with van der Waals surface area (Å²) in [5, 5.41) is 5.35. The summed E-state index contributed by atoms with van der Waals surface area (Å²) in [6.07, 6.45) is 1.75. The second kappa shape index (κ2) is 9.95. The molecule has 3 rings (SSSR count). The topological polar surface area (TPSA) is 72.9 Å². The van der Waals surface area contributed by atoms with Crippen molar-refractivity contribution in [3.63, 3.8) is 0 Å². The summed E-state index contributed by atoms with van der Waals surface area (Å²) in [6, 6.07) is 7.48. The van der Waals surface area contributed by atoms with Gasteiger partial charge in [0.05, 0.1) is 5.69 Å². The first-order valence-corrected chi connectivity index (χ1v) is 9.62. The second-order valence-electron chi connectivity index (χ2n) is 6.60. The number of halogens is 3. The molecule has 1 aromatic heterocycles. The Bertz CT molecular complexity index is 901. The van der Waals surface area contributed by atoms with Gasteiger partial charge in [0.2, 0.25) is 5.91 Å². The molecular weight excluding hydrogens is 397 g/mol. The molecule has 0 spiro atoms. The number of carbonyl (C=O) groups excluding carboxylic acids is 1. The van der Waals surface area contributed by atoms with E-state index in [4.69, 9.17) is 0 Å². The number of carbonyl (C=O) groups is 1. The van der Waals surface area contributed by atoms with Crippen LogP contribution in [0, 0.1) is 17.5 Å². The molecule has 0 bridgehead atoms. The van der Waals surface area contributed by atoms with E-state index in [1.54, 1.807) is 6.20 Å². The Labute approximate surface area is 172 Å². The molecule has 7 nitrogen and oxygen atoms in total. The largest absolute Gasteiger partial charge is 0.357 e. The molecule has 0 atom stereocenters. The maximum Gasteiger partial charge on any atom is 0.246 e. The van der Waals surface area contributed by atoms with Gasteiger partial charge in [-0.2, -0.15) is 0 Å². The number of rotatable bonds is 5. The summed E-state index contributed by atoms with van der Waals surface area (Å²) in [7, 11) is 0. The third-order valence-corrected chi connectivity index (χ3v) is 4.57. The maximum atomic E-state index is 13.7. The summed E-state index contributed by atoms with van der Waals surface area (Å²) < 4.78 is 40.0. The van der Waals surface area contributed by atoms with Crippen LogP contribution in [0.15, 0.2) is 41.5 Å². The monoisotopic (exact) mass is 420 g/mol. The van der Waals surface area contributed by atoms with Gasteiger partial charge in [-0.1, -0.05) is 6.07 Å². The standard InChI is InChI=1S/C20H23F3N6O/c1-2-24-20(29-11-9-28(10-12-29)16-5-3-4-8-25-16)26-13-17(30)27-15-7-6-14(21)18(22)19(15)23/h3-8H,2,9-13H2,1H3,(H,24,26)(H,27,30). The fourth-order valence-corrected chi connectivity index (χ4v) is 3.07. The number of benzene rings is 1. The molecule has 2 aromatic rings.